The molecule has 0 bridgehead atoms. The topological polar surface area (TPSA) is 3.24 Å². The van der Waals surface area contributed by atoms with Crippen LogP contribution in [0.3, 0.4) is 0 Å². The van der Waals surface area contributed by atoms with E-state index in [1.807, 2.05) is 0 Å². The Hall–Kier alpha value is -7.48. The van der Waals surface area contributed by atoms with Crippen molar-refractivity contribution in [3.8, 4) is 44.5 Å². The Labute approximate surface area is 370 Å². The second-order valence-electron chi connectivity index (χ2n) is 18.2. The summed E-state index contributed by atoms with van der Waals surface area (Å²) in [7, 11) is 0. The highest BCUT2D eigenvalue weighted by molar-refractivity contribution is 6.03. The summed E-state index contributed by atoms with van der Waals surface area (Å²) in [5.41, 5.74) is 24.0. The van der Waals surface area contributed by atoms with E-state index in [-0.39, 0.29) is 5.41 Å². The highest BCUT2D eigenvalue weighted by Gasteiger charge is 2.51. The van der Waals surface area contributed by atoms with E-state index >= 15 is 0 Å². The standard InChI is InChI=1S/C62H45N/c1-61(2)54-24-12-8-20-48(54)52-36-33-44(38-58(52)61)63(43-31-28-41(29-32-43)47-35-30-40-16-6-7-19-46(40)60(47)42-17-4-3-5-18-42)45-34-37-53-51-23-11-15-27-57(51)62(59(53)39-45)55-25-13-9-21-49(55)50-22-10-14-26-56(50)62/h4,6-39H,3,5H2,1-2H3. The van der Waals surface area contributed by atoms with Gasteiger partial charge in [-0.1, -0.05) is 190 Å². The minimum Gasteiger partial charge on any atom is -0.310 e. The summed E-state index contributed by atoms with van der Waals surface area (Å²) in [5, 5.41) is 2.56. The third-order valence-electron chi connectivity index (χ3n) is 14.7. The second-order valence-corrected chi connectivity index (χ2v) is 18.2. The largest absolute Gasteiger partial charge is 0.310 e. The fourth-order valence-electron chi connectivity index (χ4n) is 11.9. The van der Waals surface area contributed by atoms with Gasteiger partial charge in [0, 0.05) is 22.5 Å². The Bertz CT molecular complexity index is 3370. The first-order valence-electron chi connectivity index (χ1n) is 22.5. The fraction of sp³-hybridized carbons (Fsp3) is 0.0968. The van der Waals surface area contributed by atoms with Crippen molar-refractivity contribution < 1.29 is 0 Å². The van der Waals surface area contributed by atoms with E-state index in [0.717, 1.165) is 29.9 Å². The lowest BCUT2D eigenvalue weighted by molar-refractivity contribution is 0.660. The highest BCUT2D eigenvalue weighted by atomic mass is 15.1. The molecule has 4 aliphatic carbocycles. The summed E-state index contributed by atoms with van der Waals surface area (Å²) in [4.78, 5) is 2.50. The molecule has 1 heteroatoms. The molecule has 0 aliphatic heterocycles. The lowest BCUT2D eigenvalue weighted by atomic mass is 9.70. The molecule has 1 spiro atoms. The van der Waals surface area contributed by atoms with E-state index in [2.05, 4.69) is 231 Å². The summed E-state index contributed by atoms with van der Waals surface area (Å²) < 4.78 is 0. The van der Waals surface area contributed by atoms with Crippen LogP contribution in [0.4, 0.5) is 17.1 Å². The zero-order chi connectivity index (χ0) is 41.9. The first-order valence-corrected chi connectivity index (χ1v) is 22.5. The molecule has 4 aliphatic rings. The third-order valence-corrected chi connectivity index (χ3v) is 14.7. The molecule has 0 fully saturated rings. The summed E-state index contributed by atoms with van der Waals surface area (Å²) >= 11 is 0. The molecule has 0 atom stereocenters. The second kappa shape index (κ2) is 13.5. The Morgan fingerprint density at radius 2 is 0.889 bits per heavy atom. The van der Waals surface area contributed by atoms with Crippen LogP contribution in [-0.2, 0) is 10.8 Å². The SMILES string of the molecule is CC1(C)c2ccccc2-c2ccc(N(c3ccc(-c4ccc5ccccc5c4C4=CCCC=C4)cc3)c3ccc4c(c3)C3(c5ccccc5-c5ccccc53)c3ccccc3-4)cc21. The van der Waals surface area contributed by atoms with Crippen molar-refractivity contribution in [1.82, 2.24) is 0 Å². The summed E-state index contributed by atoms with van der Waals surface area (Å²) in [5.74, 6) is 0. The van der Waals surface area contributed by atoms with Crippen LogP contribution in [0.1, 0.15) is 65.6 Å². The number of anilines is 3. The molecule has 0 N–H and O–H groups in total. The Morgan fingerprint density at radius 1 is 0.397 bits per heavy atom. The average Bonchev–Trinajstić information content (AvgIpc) is 3.90. The van der Waals surface area contributed by atoms with Crippen LogP contribution in [0.25, 0.3) is 60.9 Å². The molecular formula is C62H45N. The van der Waals surface area contributed by atoms with Crippen LogP contribution < -0.4 is 4.90 Å². The van der Waals surface area contributed by atoms with E-state index in [4.69, 9.17) is 0 Å². The van der Waals surface area contributed by atoms with Gasteiger partial charge in [-0.05, 0) is 149 Å². The molecule has 0 saturated carbocycles. The van der Waals surface area contributed by atoms with E-state index in [1.165, 1.54) is 99.8 Å². The molecule has 9 aromatic rings. The molecule has 0 aromatic heterocycles. The molecule has 13 rings (SSSR count). The lowest BCUT2D eigenvalue weighted by Crippen LogP contribution is -2.26. The Morgan fingerprint density at radius 3 is 1.51 bits per heavy atom. The lowest BCUT2D eigenvalue weighted by Gasteiger charge is -2.32. The van der Waals surface area contributed by atoms with Gasteiger partial charge in [0.05, 0.1) is 5.41 Å². The number of allylic oxidation sites excluding steroid dienone is 4. The number of hydrogen-bond donors (Lipinski definition) is 0. The van der Waals surface area contributed by atoms with Gasteiger partial charge in [0.2, 0.25) is 0 Å². The van der Waals surface area contributed by atoms with Gasteiger partial charge in [-0.15, -0.1) is 0 Å². The van der Waals surface area contributed by atoms with Crippen LogP contribution in [0.15, 0.2) is 212 Å². The zero-order valence-electron chi connectivity index (χ0n) is 35.6. The van der Waals surface area contributed by atoms with Gasteiger partial charge in [0.1, 0.15) is 0 Å². The fourth-order valence-corrected chi connectivity index (χ4v) is 11.9. The van der Waals surface area contributed by atoms with Crippen molar-refractivity contribution in [2.75, 3.05) is 4.90 Å². The number of rotatable bonds is 5. The molecule has 298 valence electrons. The molecule has 9 aromatic carbocycles. The van der Waals surface area contributed by atoms with Crippen molar-refractivity contribution >= 4 is 33.4 Å². The molecule has 0 heterocycles. The number of hydrogen-bond acceptors (Lipinski definition) is 1. The average molecular weight is 804 g/mol. The number of fused-ring (bicyclic) bond motifs is 14. The van der Waals surface area contributed by atoms with Gasteiger partial charge in [0.25, 0.3) is 0 Å². The Balaban J connectivity index is 1.02. The normalized spacial score (nSPS) is 15.3. The van der Waals surface area contributed by atoms with Crippen molar-refractivity contribution in [1.29, 1.82) is 0 Å². The van der Waals surface area contributed by atoms with E-state index in [1.54, 1.807) is 0 Å². The quantitative estimate of drug-likeness (QED) is 0.168. The molecule has 1 nitrogen and oxygen atoms in total. The summed E-state index contributed by atoms with van der Waals surface area (Å²) in [6.07, 6.45) is 9.21. The molecule has 0 saturated heterocycles. The number of nitrogens with zero attached hydrogens (tertiary/aromatic N) is 1. The van der Waals surface area contributed by atoms with Crippen molar-refractivity contribution in [3.05, 3.63) is 251 Å². The van der Waals surface area contributed by atoms with Crippen LogP contribution in [0, 0.1) is 0 Å². The monoisotopic (exact) mass is 803 g/mol. The van der Waals surface area contributed by atoms with Crippen molar-refractivity contribution in [2.24, 2.45) is 0 Å². The molecular weight excluding hydrogens is 759 g/mol. The van der Waals surface area contributed by atoms with Gasteiger partial charge in [-0.2, -0.15) is 0 Å². The van der Waals surface area contributed by atoms with Crippen LogP contribution in [0.5, 0.6) is 0 Å². The molecule has 63 heavy (non-hydrogen) atoms. The highest BCUT2D eigenvalue weighted by Crippen LogP contribution is 2.63. The smallest absolute Gasteiger partial charge is 0.0726 e. The van der Waals surface area contributed by atoms with E-state index < -0.39 is 5.41 Å². The van der Waals surface area contributed by atoms with Gasteiger partial charge in [-0.25, -0.2) is 0 Å². The molecule has 0 radical (unpaired) electrons. The first kappa shape index (κ1) is 36.2. The minimum atomic E-state index is -0.430. The van der Waals surface area contributed by atoms with Crippen LogP contribution in [-0.4, -0.2) is 0 Å². The van der Waals surface area contributed by atoms with Gasteiger partial charge in [-0.3, -0.25) is 0 Å². The van der Waals surface area contributed by atoms with E-state index in [9.17, 15) is 0 Å². The molecule has 0 amide bonds. The maximum atomic E-state index is 2.51. The zero-order valence-corrected chi connectivity index (χ0v) is 35.6. The van der Waals surface area contributed by atoms with Crippen molar-refractivity contribution in [2.45, 2.75) is 37.5 Å². The van der Waals surface area contributed by atoms with Gasteiger partial charge < -0.3 is 4.90 Å². The molecule has 0 unspecified atom stereocenters. The van der Waals surface area contributed by atoms with Crippen molar-refractivity contribution in [3.63, 3.8) is 0 Å². The van der Waals surface area contributed by atoms with Gasteiger partial charge >= 0.3 is 0 Å². The van der Waals surface area contributed by atoms with Gasteiger partial charge in [0.15, 0.2) is 0 Å². The Kier molecular flexibility index (Phi) is 7.76. The minimum absolute atomic E-state index is 0.132. The predicted octanol–water partition coefficient (Wildman–Crippen LogP) is 16.4. The maximum Gasteiger partial charge on any atom is 0.0726 e. The summed E-state index contributed by atoms with van der Waals surface area (Å²) in [6.45, 7) is 4.76. The van der Waals surface area contributed by atoms with E-state index in [0.29, 0.717) is 0 Å². The first-order chi connectivity index (χ1) is 31.0. The van der Waals surface area contributed by atoms with Crippen LogP contribution >= 0.6 is 0 Å². The summed E-state index contributed by atoms with van der Waals surface area (Å²) in [6, 6.07) is 73.4. The third kappa shape index (κ3) is 5.05. The predicted molar refractivity (Wildman–Crippen MR) is 264 cm³/mol. The number of benzene rings is 9. The maximum absolute atomic E-state index is 2.51. The van der Waals surface area contributed by atoms with Crippen LogP contribution in [0.2, 0.25) is 0 Å².